The van der Waals surface area contributed by atoms with Crippen LogP contribution in [0.2, 0.25) is 5.02 Å². The van der Waals surface area contributed by atoms with Crippen LogP contribution in [-0.4, -0.2) is 29.2 Å². The molecule has 0 amide bonds. The van der Waals surface area contributed by atoms with Gasteiger partial charge < -0.3 is 19.0 Å². The van der Waals surface area contributed by atoms with Crippen molar-refractivity contribution >= 4 is 11.6 Å². The molecule has 160 valence electrons. The lowest BCUT2D eigenvalue weighted by molar-refractivity contribution is 0.421. The van der Waals surface area contributed by atoms with E-state index in [0.29, 0.717) is 5.75 Å². The van der Waals surface area contributed by atoms with E-state index >= 15 is 0 Å². The highest BCUT2D eigenvalue weighted by Crippen LogP contribution is 2.29. The van der Waals surface area contributed by atoms with Gasteiger partial charge in [-0.25, -0.2) is 19.3 Å². The number of pyridine rings is 1. The molecule has 0 saturated heterocycles. The van der Waals surface area contributed by atoms with Crippen molar-refractivity contribution in [3.63, 3.8) is 0 Å². The highest BCUT2D eigenvalue weighted by molar-refractivity contribution is 6.30. The van der Waals surface area contributed by atoms with E-state index in [-0.39, 0.29) is 16.7 Å². The number of ether oxygens (including phenoxy) is 1. The van der Waals surface area contributed by atoms with Gasteiger partial charge in [-0.2, -0.15) is 0 Å². The molecule has 9 heteroatoms. The van der Waals surface area contributed by atoms with Crippen molar-refractivity contribution in [2.24, 2.45) is 0 Å². The molecule has 0 aliphatic heterocycles. The zero-order chi connectivity index (χ0) is 22.3. The molecule has 0 spiro atoms. The maximum absolute atomic E-state index is 13.7. The first-order valence-electron chi connectivity index (χ1n) is 9.44. The zero-order valence-corrected chi connectivity index (χ0v) is 17.3. The monoisotopic (exact) mass is 449 g/mol. The molecule has 3 aromatic heterocycles. The van der Waals surface area contributed by atoms with Gasteiger partial charge in [0.25, 0.3) is 5.88 Å². The summed E-state index contributed by atoms with van der Waals surface area (Å²) < 4.78 is 22.8. The topological polar surface area (TPSA) is 78.0 Å². The second-order valence-corrected chi connectivity index (χ2v) is 6.88. The summed E-state index contributed by atoms with van der Waals surface area (Å²) in [6.45, 7) is 0. The molecule has 0 radical (unpaired) electrons. The third kappa shape index (κ3) is 4.93. The number of para-hydroxylation sites is 4. The normalized spacial score (nSPS) is 10.3. The van der Waals surface area contributed by atoms with Crippen LogP contribution in [0.15, 0.2) is 98.2 Å². The average Bonchev–Trinajstić information content (AvgIpc) is 3.51. The lowest BCUT2D eigenvalue weighted by Gasteiger charge is -2.11. The van der Waals surface area contributed by atoms with Gasteiger partial charge in [0, 0.05) is 31.0 Å². The molecule has 2 aromatic carbocycles. The standard InChI is InChI=1S/C14H9ClFN3O.C9H8N2O/c15-10-7-11(16)14(18-8-10)20-13-4-2-1-3-12(13)19-6-5-17-9-19;12-9-4-2-1-3-8(9)11-6-5-10-7-11/h1-9H;1-7,12H. The molecule has 0 unspecified atom stereocenters. The van der Waals surface area contributed by atoms with Crippen molar-refractivity contribution in [3.8, 4) is 28.8 Å². The first kappa shape index (κ1) is 21.1. The first-order valence-corrected chi connectivity index (χ1v) is 9.82. The molecular weight excluding hydrogens is 433 g/mol. The summed E-state index contributed by atoms with van der Waals surface area (Å²) in [6, 6.07) is 15.5. The summed E-state index contributed by atoms with van der Waals surface area (Å²) in [5.74, 6) is -0.00498. The van der Waals surface area contributed by atoms with Gasteiger partial charge in [0.2, 0.25) is 0 Å². The Morgan fingerprint density at radius 2 is 1.50 bits per heavy atom. The minimum absolute atomic E-state index is 0.123. The van der Waals surface area contributed by atoms with Crippen molar-refractivity contribution in [1.29, 1.82) is 0 Å². The number of imidazole rings is 2. The molecule has 5 aromatic rings. The molecule has 32 heavy (non-hydrogen) atoms. The van der Waals surface area contributed by atoms with Crippen molar-refractivity contribution in [3.05, 3.63) is 109 Å². The van der Waals surface area contributed by atoms with Crippen LogP contribution in [0.4, 0.5) is 4.39 Å². The Bertz CT molecular complexity index is 1290. The molecule has 0 aliphatic rings. The quantitative estimate of drug-likeness (QED) is 0.396. The van der Waals surface area contributed by atoms with Gasteiger partial charge in [-0.1, -0.05) is 35.9 Å². The fourth-order valence-corrected chi connectivity index (χ4v) is 2.97. The minimum atomic E-state index is -0.613. The number of halogens is 2. The summed E-state index contributed by atoms with van der Waals surface area (Å²) >= 11 is 5.66. The first-order chi connectivity index (χ1) is 15.6. The maximum Gasteiger partial charge on any atom is 0.256 e. The van der Waals surface area contributed by atoms with Gasteiger partial charge in [0.05, 0.1) is 29.1 Å². The Balaban J connectivity index is 0.000000174. The molecule has 1 N–H and O–H groups in total. The van der Waals surface area contributed by atoms with Gasteiger partial charge in [-0.3, -0.25) is 0 Å². The van der Waals surface area contributed by atoms with Gasteiger partial charge in [0.15, 0.2) is 11.6 Å². The fraction of sp³-hybridized carbons (Fsp3) is 0. The number of hydrogen-bond donors (Lipinski definition) is 1. The molecule has 0 saturated carbocycles. The number of rotatable bonds is 4. The largest absolute Gasteiger partial charge is 0.506 e. The zero-order valence-electron chi connectivity index (χ0n) is 16.6. The van der Waals surface area contributed by atoms with E-state index in [9.17, 15) is 9.50 Å². The maximum atomic E-state index is 13.7. The second kappa shape index (κ2) is 9.76. The molecule has 3 heterocycles. The highest BCUT2D eigenvalue weighted by Gasteiger charge is 2.11. The van der Waals surface area contributed by atoms with Crippen LogP contribution in [0.25, 0.3) is 11.4 Å². The molecule has 0 fully saturated rings. The third-order valence-corrected chi connectivity index (χ3v) is 4.50. The van der Waals surface area contributed by atoms with Gasteiger partial charge in [-0.05, 0) is 30.3 Å². The molecule has 0 aliphatic carbocycles. The third-order valence-electron chi connectivity index (χ3n) is 4.29. The van der Waals surface area contributed by atoms with E-state index < -0.39 is 5.82 Å². The van der Waals surface area contributed by atoms with E-state index in [1.54, 1.807) is 70.8 Å². The summed E-state index contributed by atoms with van der Waals surface area (Å²) in [7, 11) is 0. The van der Waals surface area contributed by atoms with Crippen molar-refractivity contribution in [2.75, 3.05) is 0 Å². The minimum Gasteiger partial charge on any atom is -0.506 e. The smallest absolute Gasteiger partial charge is 0.256 e. The summed E-state index contributed by atoms with van der Waals surface area (Å²) in [5.41, 5.74) is 1.48. The van der Waals surface area contributed by atoms with Crippen LogP contribution in [0.1, 0.15) is 0 Å². The van der Waals surface area contributed by atoms with Crippen LogP contribution in [0.5, 0.6) is 17.4 Å². The molecule has 5 rings (SSSR count). The van der Waals surface area contributed by atoms with Crippen LogP contribution < -0.4 is 4.74 Å². The number of hydrogen-bond acceptors (Lipinski definition) is 5. The van der Waals surface area contributed by atoms with Crippen LogP contribution in [-0.2, 0) is 0 Å². The summed E-state index contributed by atoms with van der Waals surface area (Å²) in [4.78, 5) is 11.7. The van der Waals surface area contributed by atoms with Crippen LogP contribution in [0, 0.1) is 5.82 Å². The number of aromatic nitrogens is 5. The molecule has 0 bridgehead atoms. The van der Waals surface area contributed by atoms with E-state index in [0.717, 1.165) is 17.4 Å². The number of aromatic hydroxyl groups is 1. The van der Waals surface area contributed by atoms with Gasteiger partial charge >= 0.3 is 0 Å². The van der Waals surface area contributed by atoms with Crippen molar-refractivity contribution in [2.45, 2.75) is 0 Å². The number of nitrogens with zero attached hydrogens (tertiary/aromatic N) is 5. The predicted molar refractivity (Wildman–Crippen MR) is 118 cm³/mol. The Hall–Kier alpha value is -4.17. The van der Waals surface area contributed by atoms with Crippen LogP contribution >= 0.6 is 11.6 Å². The second-order valence-electron chi connectivity index (χ2n) is 6.44. The Labute approximate surface area is 188 Å². The lowest BCUT2D eigenvalue weighted by atomic mass is 10.3. The van der Waals surface area contributed by atoms with Gasteiger partial charge in [0.1, 0.15) is 5.75 Å². The van der Waals surface area contributed by atoms with Gasteiger partial charge in [-0.15, -0.1) is 0 Å². The SMILES string of the molecule is Fc1cc(Cl)cnc1Oc1ccccc1-n1ccnc1.Oc1ccccc1-n1ccnc1. The lowest BCUT2D eigenvalue weighted by Crippen LogP contribution is -1.97. The van der Waals surface area contributed by atoms with E-state index in [4.69, 9.17) is 16.3 Å². The van der Waals surface area contributed by atoms with E-state index in [1.807, 2.05) is 24.3 Å². The number of benzene rings is 2. The van der Waals surface area contributed by atoms with Crippen molar-refractivity contribution < 1.29 is 14.2 Å². The Kier molecular flexibility index (Phi) is 6.43. The Morgan fingerprint density at radius 3 is 2.12 bits per heavy atom. The summed E-state index contributed by atoms with van der Waals surface area (Å²) in [6.07, 6.45) is 11.5. The highest BCUT2D eigenvalue weighted by atomic mass is 35.5. The average molecular weight is 450 g/mol. The summed E-state index contributed by atoms with van der Waals surface area (Å²) in [5, 5.41) is 9.65. The van der Waals surface area contributed by atoms with E-state index in [1.165, 1.54) is 6.20 Å². The Morgan fingerprint density at radius 1 is 0.875 bits per heavy atom. The fourth-order valence-electron chi connectivity index (χ4n) is 2.82. The predicted octanol–water partition coefficient (Wildman–Crippen LogP) is 5.43. The van der Waals surface area contributed by atoms with E-state index in [2.05, 4.69) is 15.0 Å². The molecule has 7 nitrogen and oxygen atoms in total. The van der Waals surface area contributed by atoms with Crippen LogP contribution in [0.3, 0.4) is 0 Å². The molecular formula is C23H17ClFN5O2. The molecule has 0 atom stereocenters. The van der Waals surface area contributed by atoms with Crippen molar-refractivity contribution in [1.82, 2.24) is 24.1 Å². The number of phenolic OH excluding ortho intramolecular Hbond substituents is 1. The number of phenols is 1.